The van der Waals surface area contributed by atoms with Crippen molar-refractivity contribution in [2.24, 2.45) is 5.92 Å². The largest absolute Gasteiger partial charge is 0.378 e. The molecule has 0 aliphatic carbocycles. The zero-order valence-electron chi connectivity index (χ0n) is 10.9. The molecule has 1 aliphatic rings. The predicted molar refractivity (Wildman–Crippen MR) is 76.2 cm³/mol. The quantitative estimate of drug-likeness (QED) is 0.928. The van der Waals surface area contributed by atoms with Crippen LogP contribution in [0.2, 0.25) is 0 Å². The summed E-state index contributed by atoms with van der Waals surface area (Å²) in [6, 6.07) is 4.70. The molecule has 1 saturated heterocycles. The molecule has 2 unspecified atom stereocenters. The third-order valence-corrected chi connectivity index (χ3v) is 4.59. The Balaban J connectivity index is 1.68. The summed E-state index contributed by atoms with van der Waals surface area (Å²) < 4.78 is 19.7. The average molecular weight is 280 g/mol. The van der Waals surface area contributed by atoms with E-state index < -0.39 is 0 Å². The Bertz CT molecular complexity index is 572. The molecule has 1 aromatic carbocycles. The van der Waals surface area contributed by atoms with Gasteiger partial charge >= 0.3 is 0 Å². The summed E-state index contributed by atoms with van der Waals surface area (Å²) in [5.41, 5.74) is 0.851. The number of halogens is 1. The normalized spacial score (nSPS) is 23.1. The zero-order valence-corrected chi connectivity index (χ0v) is 11.7. The summed E-state index contributed by atoms with van der Waals surface area (Å²) in [5, 5.41) is 4.23. The van der Waals surface area contributed by atoms with E-state index in [0.29, 0.717) is 12.0 Å². The van der Waals surface area contributed by atoms with Crippen molar-refractivity contribution in [3.05, 3.63) is 24.0 Å². The summed E-state index contributed by atoms with van der Waals surface area (Å²) >= 11 is 1.50. The smallest absolute Gasteiger partial charge is 0.183 e. The maximum absolute atomic E-state index is 13.1. The third kappa shape index (κ3) is 2.72. The lowest BCUT2D eigenvalue weighted by Gasteiger charge is -2.16. The van der Waals surface area contributed by atoms with E-state index in [2.05, 4.69) is 17.2 Å². The molecule has 0 bridgehead atoms. The van der Waals surface area contributed by atoms with Crippen LogP contribution in [0.5, 0.6) is 0 Å². The first-order valence-corrected chi connectivity index (χ1v) is 7.49. The van der Waals surface area contributed by atoms with E-state index >= 15 is 0 Å². The molecule has 2 atom stereocenters. The molecule has 1 aliphatic heterocycles. The first-order chi connectivity index (χ1) is 9.26. The number of nitrogens with one attached hydrogen (secondary N) is 1. The van der Waals surface area contributed by atoms with Gasteiger partial charge in [-0.1, -0.05) is 18.3 Å². The van der Waals surface area contributed by atoms with Crippen molar-refractivity contribution in [1.29, 1.82) is 0 Å². The van der Waals surface area contributed by atoms with Gasteiger partial charge in [0.1, 0.15) is 5.82 Å². The Hall–Kier alpha value is -1.20. The van der Waals surface area contributed by atoms with Crippen LogP contribution in [-0.4, -0.2) is 24.2 Å². The summed E-state index contributed by atoms with van der Waals surface area (Å²) in [5.74, 6) is 0.340. The maximum Gasteiger partial charge on any atom is 0.183 e. The molecule has 1 N–H and O–H groups in total. The summed E-state index contributed by atoms with van der Waals surface area (Å²) in [6.45, 7) is 3.89. The van der Waals surface area contributed by atoms with Crippen LogP contribution in [0.25, 0.3) is 10.2 Å². The topological polar surface area (TPSA) is 34.1 Å². The van der Waals surface area contributed by atoms with Crippen LogP contribution in [0, 0.1) is 11.7 Å². The summed E-state index contributed by atoms with van der Waals surface area (Å²) in [7, 11) is 0. The number of fused-ring (bicyclic) bond motifs is 1. The Morgan fingerprint density at radius 2 is 2.42 bits per heavy atom. The number of hydrogen-bond acceptors (Lipinski definition) is 4. The van der Waals surface area contributed by atoms with Crippen molar-refractivity contribution in [3.63, 3.8) is 0 Å². The highest BCUT2D eigenvalue weighted by atomic mass is 32.1. The lowest BCUT2D eigenvalue weighted by molar-refractivity contribution is 0.0900. The Labute approximate surface area is 115 Å². The van der Waals surface area contributed by atoms with E-state index in [0.717, 1.165) is 41.3 Å². The van der Waals surface area contributed by atoms with E-state index in [1.54, 1.807) is 6.07 Å². The average Bonchev–Trinajstić information content (AvgIpc) is 3.01. The highest BCUT2D eigenvalue weighted by Gasteiger charge is 2.26. The van der Waals surface area contributed by atoms with Crippen molar-refractivity contribution in [2.45, 2.75) is 25.9 Å². The van der Waals surface area contributed by atoms with Crippen LogP contribution in [0.1, 0.15) is 19.8 Å². The molecule has 0 radical (unpaired) electrons. The van der Waals surface area contributed by atoms with Gasteiger partial charge in [-0.05, 0) is 31.0 Å². The van der Waals surface area contributed by atoms with Crippen LogP contribution < -0.4 is 5.32 Å². The molecular weight excluding hydrogens is 263 g/mol. The highest BCUT2D eigenvalue weighted by molar-refractivity contribution is 7.22. The van der Waals surface area contributed by atoms with Gasteiger partial charge in [-0.2, -0.15) is 0 Å². The molecule has 1 fully saturated rings. The molecule has 0 saturated carbocycles. The van der Waals surface area contributed by atoms with E-state index in [9.17, 15) is 4.39 Å². The second-order valence-electron chi connectivity index (χ2n) is 4.88. The van der Waals surface area contributed by atoms with E-state index in [1.165, 1.54) is 23.5 Å². The monoisotopic (exact) mass is 280 g/mol. The van der Waals surface area contributed by atoms with Crippen molar-refractivity contribution >= 4 is 26.7 Å². The summed E-state index contributed by atoms with van der Waals surface area (Å²) in [4.78, 5) is 4.47. The first-order valence-electron chi connectivity index (χ1n) is 6.68. The summed E-state index contributed by atoms with van der Waals surface area (Å²) in [6.07, 6.45) is 2.52. The van der Waals surface area contributed by atoms with Crippen LogP contribution in [-0.2, 0) is 4.74 Å². The Morgan fingerprint density at radius 1 is 1.53 bits per heavy atom. The molecule has 0 spiro atoms. The van der Waals surface area contributed by atoms with Crippen LogP contribution in [0.15, 0.2) is 18.2 Å². The number of hydrogen-bond donors (Lipinski definition) is 1. The second-order valence-corrected chi connectivity index (χ2v) is 5.91. The fourth-order valence-electron chi connectivity index (χ4n) is 2.57. The van der Waals surface area contributed by atoms with E-state index in [-0.39, 0.29) is 5.82 Å². The van der Waals surface area contributed by atoms with Gasteiger partial charge < -0.3 is 10.1 Å². The van der Waals surface area contributed by atoms with Crippen molar-refractivity contribution < 1.29 is 9.13 Å². The molecular formula is C14H17FN2OS. The molecule has 5 heteroatoms. The molecule has 102 valence electrons. The van der Waals surface area contributed by atoms with Gasteiger partial charge in [0.15, 0.2) is 5.13 Å². The molecule has 1 aromatic heterocycles. The van der Waals surface area contributed by atoms with Gasteiger partial charge in [0, 0.05) is 19.1 Å². The number of thiazole rings is 1. The SMILES string of the molecule is CCC1OCCC1CNc1nc2ccc(F)cc2s1. The minimum Gasteiger partial charge on any atom is -0.378 e. The number of ether oxygens (including phenoxy) is 1. The fourth-order valence-corrected chi connectivity index (χ4v) is 3.47. The van der Waals surface area contributed by atoms with Gasteiger partial charge in [0.2, 0.25) is 0 Å². The van der Waals surface area contributed by atoms with Gasteiger partial charge in [-0.15, -0.1) is 0 Å². The molecule has 0 amide bonds. The predicted octanol–water partition coefficient (Wildman–Crippen LogP) is 3.66. The van der Waals surface area contributed by atoms with Crippen molar-refractivity contribution in [2.75, 3.05) is 18.5 Å². The number of anilines is 1. The van der Waals surface area contributed by atoms with Gasteiger partial charge in [0.25, 0.3) is 0 Å². The molecule has 3 rings (SSSR count). The van der Waals surface area contributed by atoms with Gasteiger partial charge in [0.05, 0.1) is 16.3 Å². The standard InChI is InChI=1S/C14H17FN2OS/c1-2-12-9(5-6-18-12)8-16-14-17-11-4-3-10(15)7-13(11)19-14/h3-4,7,9,12H,2,5-6,8H2,1H3,(H,16,17). The lowest BCUT2D eigenvalue weighted by Crippen LogP contribution is -2.22. The van der Waals surface area contributed by atoms with Crippen LogP contribution in [0.3, 0.4) is 0 Å². The lowest BCUT2D eigenvalue weighted by atomic mass is 10.00. The Morgan fingerprint density at radius 3 is 3.26 bits per heavy atom. The van der Waals surface area contributed by atoms with Gasteiger partial charge in [-0.25, -0.2) is 9.37 Å². The van der Waals surface area contributed by atoms with Crippen molar-refractivity contribution in [1.82, 2.24) is 4.98 Å². The van der Waals surface area contributed by atoms with Crippen molar-refractivity contribution in [3.8, 4) is 0 Å². The first kappa shape index (κ1) is 12.8. The second kappa shape index (κ2) is 5.43. The number of rotatable bonds is 4. The molecule has 2 aromatic rings. The number of aromatic nitrogens is 1. The molecule has 3 nitrogen and oxygen atoms in total. The Kier molecular flexibility index (Phi) is 3.66. The number of benzene rings is 1. The molecule has 2 heterocycles. The number of nitrogens with zero attached hydrogens (tertiary/aromatic N) is 1. The zero-order chi connectivity index (χ0) is 13.2. The molecule has 19 heavy (non-hydrogen) atoms. The third-order valence-electron chi connectivity index (χ3n) is 3.61. The minimum atomic E-state index is -0.210. The van der Waals surface area contributed by atoms with Crippen LogP contribution in [0.4, 0.5) is 9.52 Å². The van der Waals surface area contributed by atoms with Crippen LogP contribution >= 0.6 is 11.3 Å². The maximum atomic E-state index is 13.1. The highest BCUT2D eigenvalue weighted by Crippen LogP contribution is 2.28. The van der Waals surface area contributed by atoms with Gasteiger partial charge in [-0.3, -0.25) is 0 Å². The van der Waals surface area contributed by atoms with E-state index in [4.69, 9.17) is 4.74 Å². The van der Waals surface area contributed by atoms with E-state index in [1.807, 2.05) is 0 Å². The minimum absolute atomic E-state index is 0.210. The fraction of sp³-hybridized carbons (Fsp3) is 0.500.